The fraction of sp³-hybridized carbons (Fsp3) is 0.818. The molecule has 0 aliphatic heterocycles. The van der Waals surface area contributed by atoms with E-state index in [0.717, 1.165) is 38.5 Å². The van der Waals surface area contributed by atoms with Gasteiger partial charge in [-0.15, -0.1) is 0 Å². The van der Waals surface area contributed by atoms with Gasteiger partial charge in [-0.25, -0.2) is 4.57 Å². The van der Waals surface area contributed by atoms with Crippen LogP contribution < -0.4 is 0 Å². The summed E-state index contributed by atoms with van der Waals surface area (Å²) in [6.07, 6.45) is 41.2. The Balaban J connectivity index is 4.37. The minimum atomic E-state index is -4.63. The Morgan fingerprint density at radius 3 is 1.47 bits per heavy atom. The molecule has 0 aliphatic rings. The Hall–Kier alpha value is -1.81. The van der Waals surface area contributed by atoms with Gasteiger partial charge in [-0.05, 0) is 44.9 Å². The van der Waals surface area contributed by atoms with E-state index in [0.29, 0.717) is 19.3 Å². The van der Waals surface area contributed by atoms with Crippen LogP contribution in [-0.4, -0.2) is 65.7 Å². The second-order valence-corrected chi connectivity index (χ2v) is 16.2. The predicted molar refractivity (Wildman–Crippen MR) is 224 cm³/mol. The topological polar surface area (TPSA) is 149 Å². The molecule has 3 N–H and O–H groups in total. The van der Waals surface area contributed by atoms with Crippen molar-refractivity contribution < 1.29 is 47.8 Å². The summed E-state index contributed by atoms with van der Waals surface area (Å²) in [5, 5.41) is 18.3. The average molecular weight is 801 g/mol. The molecule has 3 atom stereocenters. The first kappa shape index (κ1) is 53.2. The van der Waals surface area contributed by atoms with Crippen LogP contribution >= 0.6 is 7.82 Å². The van der Waals surface area contributed by atoms with Gasteiger partial charge in [-0.3, -0.25) is 18.6 Å². The average Bonchev–Trinajstić information content (AvgIpc) is 3.17. The smallest absolute Gasteiger partial charge is 0.462 e. The van der Waals surface area contributed by atoms with Gasteiger partial charge in [0, 0.05) is 12.8 Å². The molecule has 0 spiro atoms. The Bertz CT molecular complexity index is 1010. The summed E-state index contributed by atoms with van der Waals surface area (Å²) in [7, 11) is -4.63. The van der Waals surface area contributed by atoms with Crippen molar-refractivity contribution >= 4 is 19.8 Å². The minimum Gasteiger partial charge on any atom is -0.462 e. The van der Waals surface area contributed by atoms with E-state index in [2.05, 4.69) is 48.8 Å². The number of hydrogen-bond donors (Lipinski definition) is 3. The lowest BCUT2D eigenvalue weighted by molar-refractivity contribution is -0.161. The molecule has 0 aromatic carbocycles. The molecule has 11 heteroatoms. The normalized spacial score (nSPS) is 14.2. The number of carbonyl (C=O) groups excluding carboxylic acids is 2. The molecule has 0 radical (unpaired) electrons. The third-order valence-electron chi connectivity index (χ3n) is 9.30. The number of aliphatic hydroxyl groups is 2. The van der Waals surface area contributed by atoms with Gasteiger partial charge < -0.3 is 24.6 Å². The number of esters is 2. The fourth-order valence-corrected chi connectivity index (χ4v) is 6.68. The van der Waals surface area contributed by atoms with Gasteiger partial charge in [0.2, 0.25) is 0 Å². The zero-order valence-corrected chi connectivity index (χ0v) is 35.8. The maximum atomic E-state index is 12.6. The number of carbonyl (C=O) groups is 2. The molecular formula is C44H81O10P. The van der Waals surface area contributed by atoms with Crippen LogP contribution in [0.25, 0.3) is 0 Å². The van der Waals surface area contributed by atoms with E-state index in [1.807, 2.05) is 6.08 Å². The fourth-order valence-electron chi connectivity index (χ4n) is 5.89. The molecule has 0 saturated heterocycles. The van der Waals surface area contributed by atoms with Crippen molar-refractivity contribution in [2.24, 2.45) is 0 Å². The third kappa shape index (κ3) is 40.2. The van der Waals surface area contributed by atoms with Crippen LogP contribution in [0.5, 0.6) is 0 Å². The summed E-state index contributed by atoms with van der Waals surface area (Å²) in [4.78, 5) is 34.9. The van der Waals surface area contributed by atoms with Crippen molar-refractivity contribution in [1.82, 2.24) is 0 Å². The summed E-state index contributed by atoms with van der Waals surface area (Å²) >= 11 is 0. The summed E-state index contributed by atoms with van der Waals surface area (Å²) in [5.74, 6) is -0.980. The number of aliphatic hydroxyl groups excluding tert-OH is 2. The molecule has 55 heavy (non-hydrogen) atoms. The number of rotatable bonds is 41. The Kier molecular flexibility index (Phi) is 39.1. The van der Waals surface area contributed by atoms with Crippen LogP contribution in [0.2, 0.25) is 0 Å². The lowest BCUT2D eigenvalue weighted by Gasteiger charge is -2.20. The van der Waals surface area contributed by atoms with Gasteiger partial charge >= 0.3 is 19.8 Å². The second-order valence-electron chi connectivity index (χ2n) is 14.7. The van der Waals surface area contributed by atoms with Gasteiger partial charge in [0.05, 0.1) is 19.8 Å². The van der Waals surface area contributed by atoms with Gasteiger partial charge in [-0.2, -0.15) is 0 Å². The molecule has 0 aromatic heterocycles. The van der Waals surface area contributed by atoms with Crippen LogP contribution in [0.4, 0.5) is 0 Å². The highest BCUT2D eigenvalue weighted by molar-refractivity contribution is 7.47. The molecule has 0 fully saturated rings. The number of hydrogen-bond acceptors (Lipinski definition) is 9. The predicted octanol–water partition coefficient (Wildman–Crippen LogP) is 11.6. The van der Waals surface area contributed by atoms with Gasteiger partial charge in [0.1, 0.15) is 12.7 Å². The van der Waals surface area contributed by atoms with Gasteiger partial charge in [0.25, 0.3) is 0 Å². The van der Waals surface area contributed by atoms with E-state index in [9.17, 15) is 24.2 Å². The van der Waals surface area contributed by atoms with Gasteiger partial charge in [-0.1, -0.05) is 172 Å². The zero-order chi connectivity index (χ0) is 40.5. The largest absolute Gasteiger partial charge is 0.472 e. The number of ether oxygens (including phenoxy) is 2. The molecule has 0 heterocycles. The highest BCUT2D eigenvalue weighted by Gasteiger charge is 2.27. The lowest BCUT2D eigenvalue weighted by Crippen LogP contribution is -2.29. The lowest BCUT2D eigenvalue weighted by atomic mass is 10.0. The Morgan fingerprint density at radius 2 is 0.964 bits per heavy atom. The third-order valence-corrected chi connectivity index (χ3v) is 10.2. The number of phosphoric acid groups is 1. The first-order chi connectivity index (χ1) is 26.7. The molecule has 322 valence electrons. The summed E-state index contributed by atoms with van der Waals surface area (Å²) in [6.45, 7) is 2.33. The van der Waals surface area contributed by atoms with Crippen molar-refractivity contribution in [2.45, 2.75) is 206 Å². The molecule has 10 nitrogen and oxygen atoms in total. The van der Waals surface area contributed by atoms with E-state index >= 15 is 0 Å². The SMILES string of the molecule is CCCCCCCCC=CCC=CCC=CCCCC(=O)OC(COC(=O)CCCCCCCCCCCCCCCCC)COP(=O)(O)OCC(O)CO. The van der Waals surface area contributed by atoms with Crippen LogP contribution in [0, 0.1) is 0 Å². The van der Waals surface area contributed by atoms with Crippen molar-refractivity contribution in [1.29, 1.82) is 0 Å². The molecule has 3 unspecified atom stereocenters. The molecule has 0 amide bonds. The van der Waals surface area contributed by atoms with Crippen molar-refractivity contribution in [3.05, 3.63) is 36.5 Å². The molecular weight excluding hydrogens is 719 g/mol. The van der Waals surface area contributed by atoms with Crippen LogP contribution in [0.3, 0.4) is 0 Å². The van der Waals surface area contributed by atoms with Crippen LogP contribution in [0.15, 0.2) is 36.5 Å². The van der Waals surface area contributed by atoms with E-state index in [1.54, 1.807) is 0 Å². The summed E-state index contributed by atoms with van der Waals surface area (Å²) in [5.41, 5.74) is 0. The Morgan fingerprint density at radius 1 is 0.545 bits per heavy atom. The standard InChI is InChI=1S/C44H81O10P/c1-3-5-7-9-11-13-15-17-19-20-22-24-26-28-30-32-34-36-44(48)54-42(40-53-55(49,50)52-38-41(46)37-45)39-51-43(47)35-33-31-29-27-25-23-21-18-16-14-12-10-8-6-4-2/h17,19,22,24,28,30,41-42,45-46H,3-16,18,20-21,23,25-27,29,31-40H2,1-2H3,(H,49,50). The molecule has 0 aliphatic carbocycles. The molecule has 0 bridgehead atoms. The minimum absolute atomic E-state index is 0.114. The summed E-state index contributed by atoms with van der Waals surface area (Å²) in [6, 6.07) is 0. The van der Waals surface area contributed by atoms with Crippen molar-refractivity contribution in [3.63, 3.8) is 0 Å². The van der Waals surface area contributed by atoms with Crippen LogP contribution in [0.1, 0.15) is 194 Å². The highest BCUT2D eigenvalue weighted by atomic mass is 31.2. The quantitative estimate of drug-likeness (QED) is 0.0236. The second kappa shape index (κ2) is 40.4. The zero-order valence-electron chi connectivity index (χ0n) is 34.9. The highest BCUT2D eigenvalue weighted by Crippen LogP contribution is 2.43. The summed E-state index contributed by atoms with van der Waals surface area (Å²) < 4.78 is 32.7. The van der Waals surface area contributed by atoms with E-state index in [1.165, 1.54) is 109 Å². The number of unbranched alkanes of at least 4 members (excludes halogenated alkanes) is 21. The Labute approximate surface area is 335 Å². The maximum Gasteiger partial charge on any atom is 0.472 e. The van der Waals surface area contributed by atoms with Gasteiger partial charge in [0.15, 0.2) is 6.10 Å². The first-order valence-electron chi connectivity index (χ1n) is 21.9. The van der Waals surface area contributed by atoms with Crippen molar-refractivity contribution in [2.75, 3.05) is 26.4 Å². The van der Waals surface area contributed by atoms with E-state index in [-0.39, 0.29) is 19.4 Å². The number of phosphoric ester groups is 1. The monoisotopic (exact) mass is 801 g/mol. The van der Waals surface area contributed by atoms with E-state index in [4.69, 9.17) is 19.1 Å². The number of allylic oxidation sites excluding steroid dienone is 6. The first-order valence-corrected chi connectivity index (χ1v) is 23.4. The molecule has 0 rings (SSSR count). The van der Waals surface area contributed by atoms with Crippen LogP contribution in [-0.2, 0) is 32.7 Å². The van der Waals surface area contributed by atoms with Crippen molar-refractivity contribution in [3.8, 4) is 0 Å². The molecule has 0 saturated carbocycles. The maximum absolute atomic E-state index is 12.6. The van der Waals surface area contributed by atoms with E-state index < -0.39 is 51.8 Å². The molecule has 0 aromatic rings.